The SMILES string of the molecule is C=Cc1c(O)c(C)c(O)c(C)c1-c1ccc2c3ccc(-c4c(O)c(O)c(O)c(O)c4O)cc3n(-c3cccc4c3Cc3cc(C(=C)NNC(C)(c5ccccc5)c5ccccc5)ccc3-4)c2c1. The van der Waals surface area contributed by atoms with Crippen molar-refractivity contribution in [1.29, 1.82) is 0 Å². The maximum absolute atomic E-state index is 11.2. The molecule has 0 fully saturated rings. The third-order valence-corrected chi connectivity index (χ3v) is 13.6. The highest BCUT2D eigenvalue weighted by Crippen LogP contribution is 2.55. The minimum Gasteiger partial charge on any atom is -0.507 e. The van der Waals surface area contributed by atoms with Crippen LogP contribution in [0.2, 0.25) is 0 Å². The van der Waals surface area contributed by atoms with Gasteiger partial charge in [0.1, 0.15) is 11.5 Å². The van der Waals surface area contributed by atoms with Crippen LogP contribution in [0.25, 0.3) is 72.6 Å². The van der Waals surface area contributed by atoms with Gasteiger partial charge in [-0.1, -0.05) is 128 Å². The maximum atomic E-state index is 11.2. The summed E-state index contributed by atoms with van der Waals surface area (Å²) < 4.78 is 2.10. The van der Waals surface area contributed by atoms with Crippen LogP contribution in [0.3, 0.4) is 0 Å². The van der Waals surface area contributed by atoms with E-state index in [0.29, 0.717) is 45.5 Å². The number of hydrogen-bond donors (Lipinski definition) is 9. The number of hydrogen-bond acceptors (Lipinski definition) is 9. The molecule has 0 saturated heterocycles. The number of aromatic nitrogens is 1. The first-order valence-electron chi connectivity index (χ1n) is 21.8. The van der Waals surface area contributed by atoms with E-state index in [-0.39, 0.29) is 22.6 Å². The lowest BCUT2D eigenvalue weighted by molar-refractivity contribution is 0.330. The van der Waals surface area contributed by atoms with E-state index in [0.717, 1.165) is 60.9 Å². The summed E-state index contributed by atoms with van der Waals surface area (Å²) in [7, 11) is 0. The van der Waals surface area contributed by atoms with Crippen molar-refractivity contribution in [3.8, 4) is 79.3 Å². The van der Waals surface area contributed by atoms with Gasteiger partial charge in [0.05, 0.1) is 27.8 Å². The molecule has 10 heteroatoms. The monoisotopic (exact) mass is 885 g/mol. The summed E-state index contributed by atoms with van der Waals surface area (Å²) in [6, 6.07) is 44.2. The zero-order chi connectivity index (χ0) is 47.1. The molecule has 1 aliphatic rings. The predicted molar refractivity (Wildman–Crippen MR) is 266 cm³/mol. The van der Waals surface area contributed by atoms with Gasteiger partial charge in [-0.3, -0.25) is 0 Å². The van der Waals surface area contributed by atoms with E-state index in [4.69, 9.17) is 0 Å². The Bertz CT molecular complexity index is 3470. The zero-order valence-electron chi connectivity index (χ0n) is 37.0. The van der Waals surface area contributed by atoms with Gasteiger partial charge in [0.15, 0.2) is 11.5 Å². The van der Waals surface area contributed by atoms with Gasteiger partial charge in [0.2, 0.25) is 17.2 Å². The Morgan fingerprint density at radius 1 is 0.582 bits per heavy atom. The topological polar surface area (TPSA) is 171 Å². The number of fused-ring (bicyclic) bond motifs is 6. The molecule has 0 unspecified atom stereocenters. The van der Waals surface area contributed by atoms with Crippen molar-refractivity contribution in [3.05, 3.63) is 191 Å². The van der Waals surface area contributed by atoms with Crippen LogP contribution in [0.1, 0.15) is 51.4 Å². The number of aromatic hydroxyl groups is 7. The molecule has 1 aliphatic carbocycles. The predicted octanol–water partition coefficient (Wildman–Crippen LogP) is 11.9. The Balaban J connectivity index is 1.11. The lowest BCUT2D eigenvalue weighted by atomic mass is 9.85. The van der Waals surface area contributed by atoms with Crippen molar-refractivity contribution in [2.24, 2.45) is 0 Å². The molecule has 1 aromatic heterocycles. The first-order valence-corrected chi connectivity index (χ1v) is 21.8. The van der Waals surface area contributed by atoms with Crippen LogP contribution >= 0.6 is 0 Å². The first kappa shape index (κ1) is 42.4. The summed E-state index contributed by atoms with van der Waals surface area (Å²) >= 11 is 0. The number of benzene rings is 8. The van der Waals surface area contributed by atoms with E-state index in [1.54, 1.807) is 32.1 Å². The maximum Gasteiger partial charge on any atom is 0.208 e. The molecule has 0 atom stereocenters. The molecule has 0 amide bonds. The highest BCUT2D eigenvalue weighted by atomic mass is 16.4. The van der Waals surface area contributed by atoms with Crippen LogP contribution in [0.15, 0.2) is 147 Å². The van der Waals surface area contributed by atoms with E-state index in [9.17, 15) is 35.7 Å². The third-order valence-electron chi connectivity index (χ3n) is 13.6. The molecule has 10 rings (SSSR count). The largest absolute Gasteiger partial charge is 0.507 e. The Morgan fingerprint density at radius 3 is 1.73 bits per heavy atom. The lowest BCUT2D eigenvalue weighted by Crippen LogP contribution is -2.47. The zero-order valence-corrected chi connectivity index (χ0v) is 37.0. The molecule has 0 bridgehead atoms. The van der Waals surface area contributed by atoms with Crippen molar-refractivity contribution in [2.45, 2.75) is 32.7 Å². The second-order valence-electron chi connectivity index (χ2n) is 17.3. The van der Waals surface area contributed by atoms with Crippen LogP contribution in [0.4, 0.5) is 0 Å². The normalized spacial score (nSPS) is 12.0. The Kier molecular flexibility index (Phi) is 10.0. The molecule has 9 aromatic rings. The van der Waals surface area contributed by atoms with Gasteiger partial charge in [-0.15, -0.1) is 0 Å². The molecule has 0 radical (unpaired) electrons. The van der Waals surface area contributed by atoms with Crippen LogP contribution < -0.4 is 10.9 Å². The summed E-state index contributed by atoms with van der Waals surface area (Å²) in [5.74, 6) is -4.66. The van der Waals surface area contributed by atoms with Crippen LogP contribution in [-0.4, -0.2) is 40.3 Å². The minimum absolute atomic E-state index is 0.0171. The Morgan fingerprint density at radius 2 is 1.15 bits per heavy atom. The number of phenolic OH excluding ortho intramolecular Hbond substituents is 7. The molecular formula is C57H47N3O7. The van der Waals surface area contributed by atoms with Gasteiger partial charge in [-0.2, -0.15) is 0 Å². The fourth-order valence-corrected chi connectivity index (χ4v) is 9.88. The lowest BCUT2D eigenvalue weighted by Gasteiger charge is -2.33. The molecule has 67 heavy (non-hydrogen) atoms. The van der Waals surface area contributed by atoms with E-state index < -0.39 is 34.3 Å². The second kappa shape index (κ2) is 15.8. The van der Waals surface area contributed by atoms with Gasteiger partial charge in [-0.25, -0.2) is 5.43 Å². The second-order valence-corrected chi connectivity index (χ2v) is 17.3. The average Bonchev–Trinajstić information content (AvgIpc) is 3.90. The summed E-state index contributed by atoms with van der Waals surface area (Å²) in [6.45, 7) is 14.0. The standard InChI is InChI=1S/C57H47N3O7/c1-6-39-48(30(2)50(61)31(3)51(39)62)34-21-24-42-43-25-22-35(49-52(63)54(65)56(67)55(66)53(49)64)29-47(43)60(46(42)28-34)45-19-13-18-41-40-23-20-33(26-36(40)27-44(41)45)32(4)58-59-57(5,37-14-9-7-10-15-37)38-16-11-8-12-17-38/h6-26,28-29,58-59,61-67H,1,4,27H2,2-3,5H3. The van der Waals surface area contributed by atoms with Gasteiger partial charge in [0.25, 0.3) is 0 Å². The molecule has 8 aromatic carbocycles. The van der Waals surface area contributed by atoms with Crippen LogP contribution in [0.5, 0.6) is 40.2 Å². The van der Waals surface area contributed by atoms with Crippen LogP contribution in [0, 0.1) is 13.8 Å². The average molecular weight is 886 g/mol. The van der Waals surface area contributed by atoms with Crippen LogP contribution in [-0.2, 0) is 12.0 Å². The van der Waals surface area contributed by atoms with Crippen molar-refractivity contribution >= 4 is 33.6 Å². The molecular weight excluding hydrogens is 839 g/mol. The molecule has 1 heterocycles. The quantitative estimate of drug-likeness (QED) is 0.0368. The Hall–Kier alpha value is -8.60. The third kappa shape index (κ3) is 6.52. The van der Waals surface area contributed by atoms with Gasteiger partial charge < -0.3 is 45.7 Å². The van der Waals surface area contributed by atoms with Gasteiger partial charge >= 0.3 is 0 Å². The van der Waals surface area contributed by atoms with Gasteiger partial charge in [-0.05, 0) is 106 Å². The number of nitrogens with zero attached hydrogens (tertiary/aromatic N) is 1. The molecule has 0 aliphatic heterocycles. The molecule has 9 N–H and O–H groups in total. The minimum atomic E-state index is -1.04. The van der Waals surface area contributed by atoms with E-state index in [2.05, 4.69) is 84.0 Å². The van der Waals surface area contributed by atoms with E-state index in [1.165, 1.54) is 0 Å². The van der Waals surface area contributed by atoms with Crippen molar-refractivity contribution in [2.75, 3.05) is 0 Å². The van der Waals surface area contributed by atoms with Crippen molar-refractivity contribution in [3.63, 3.8) is 0 Å². The summed E-state index contributed by atoms with van der Waals surface area (Å²) in [6.07, 6.45) is 2.15. The first-order chi connectivity index (χ1) is 32.2. The van der Waals surface area contributed by atoms with Gasteiger partial charge in [0, 0.05) is 34.0 Å². The van der Waals surface area contributed by atoms with E-state index in [1.807, 2.05) is 72.8 Å². The number of rotatable bonds is 10. The fraction of sp³-hybridized carbons (Fsp3) is 0.0877. The fourth-order valence-electron chi connectivity index (χ4n) is 9.88. The van der Waals surface area contributed by atoms with Crippen molar-refractivity contribution < 1.29 is 35.7 Å². The number of phenols is 7. The Labute approximate surface area is 386 Å². The highest BCUT2D eigenvalue weighted by molar-refractivity contribution is 6.12. The summed E-state index contributed by atoms with van der Waals surface area (Å²) in [5, 5.41) is 77.4. The highest BCUT2D eigenvalue weighted by Gasteiger charge is 2.31. The summed E-state index contributed by atoms with van der Waals surface area (Å²) in [5.41, 5.74) is 19.5. The number of hydrazine groups is 1. The smallest absolute Gasteiger partial charge is 0.208 e. The molecule has 10 nitrogen and oxygen atoms in total. The van der Waals surface area contributed by atoms with Crippen molar-refractivity contribution in [1.82, 2.24) is 15.4 Å². The van der Waals surface area contributed by atoms with E-state index >= 15 is 0 Å². The molecule has 0 spiro atoms. The molecule has 332 valence electrons. The summed E-state index contributed by atoms with van der Waals surface area (Å²) in [4.78, 5) is 0. The molecule has 0 saturated carbocycles. The number of nitrogens with one attached hydrogen (secondary N) is 2.